The van der Waals surface area contributed by atoms with Crippen molar-refractivity contribution in [2.75, 3.05) is 0 Å². The maximum absolute atomic E-state index is 11.1. The highest BCUT2D eigenvalue weighted by atomic mass is 16.4. The summed E-state index contributed by atoms with van der Waals surface area (Å²) < 4.78 is 2.77. The molecule has 0 spiro atoms. The highest BCUT2D eigenvalue weighted by Gasteiger charge is 2.16. The van der Waals surface area contributed by atoms with E-state index in [1.165, 1.54) is 45.8 Å². The molecule has 4 aromatic heterocycles. The number of aromatic nitrogens is 8. The second-order valence-corrected chi connectivity index (χ2v) is 10.2. The lowest BCUT2D eigenvalue weighted by Crippen LogP contribution is -2.00. The van der Waals surface area contributed by atoms with Crippen LogP contribution in [-0.2, 0) is 0 Å². The number of benzene rings is 2. The summed E-state index contributed by atoms with van der Waals surface area (Å²) in [6.45, 7) is 3.80. The zero-order chi connectivity index (χ0) is 34.5. The topological polar surface area (TPSA) is 202 Å². The van der Waals surface area contributed by atoms with E-state index in [9.17, 15) is 19.8 Å². The van der Waals surface area contributed by atoms with Gasteiger partial charge in [-0.15, -0.1) is 23.0 Å². The van der Waals surface area contributed by atoms with Gasteiger partial charge in [0.05, 0.1) is 35.2 Å². The molecule has 48 heavy (non-hydrogen) atoms. The summed E-state index contributed by atoms with van der Waals surface area (Å²) in [5, 5.41) is 54.5. The maximum Gasteiger partial charge on any atom is 0.339 e. The number of hydrogen-bond donors (Lipinski definition) is 4. The second kappa shape index (κ2) is 13.4. The highest BCUT2D eigenvalue weighted by Crippen LogP contribution is 2.26. The molecule has 0 fully saturated rings. The van der Waals surface area contributed by atoms with Crippen molar-refractivity contribution >= 4 is 11.9 Å². The van der Waals surface area contributed by atoms with Crippen LogP contribution in [0.1, 0.15) is 43.2 Å². The molecule has 2 aromatic carbocycles. The Bertz CT molecular complexity index is 2140. The van der Waals surface area contributed by atoms with Crippen molar-refractivity contribution in [2.45, 2.75) is 13.8 Å². The molecule has 0 aliphatic rings. The fraction of sp³-hybridized carbons (Fsp3) is 0.0588. The lowest BCUT2D eigenvalue weighted by Gasteiger charge is -2.04. The largest absolute Gasteiger partial charge is 0.507 e. The van der Waals surface area contributed by atoms with E-state index in [1.807, 2.05) is 26.0 Å². The fourth-order valence-electron chi connectivity index (χ4n) is 4.45. The van der Waals surface area contributed by atoms with E-state index >= 15 is 0 Å². The first-order valence-electron chi connectivity index (χ1n) is 13.8. The number of pyridine rings is 2. The minimum absolute atomic E-state index is 0.227. The summed E-state index contributed by atoms with van der Waals surface area (Å²) in [6.07, 6.45) is 13.5. The van der Waals surface area contributed by atoms with Gasteiger partial charge in [0.15, 0.2) is 0 Å². The molecular formula is C34H24N8O6. The van der Waals surface area contributed by atoms with Gasteiger partial charge in [-0.05, 0) is 73.5 Å². The van der Waals surface area contributed by atoms with Gasteiger partial charge in [0.25, 0.3) is 0 Å². The Hall–Kier alpha value is -7.32. The predicted molar refractivity (Wildman–Crippen MR) is 172 cm³/mol. The van der Waals surface area contributed by atoms with Crippen LogP contribution in [0.4, 0.5) is 0 Å². The predicted octanol–water partition coefficient (Wildman–Crippen LogP) is 4.05. The van der Waals surface area contributed by atoms with Gasteiger partial charge in [-0.1, -0.05) is 22.3 Å². The van der Waals surface area contributed by atoms with E-state index < -0.39 is 23.4 Å². The molecule has 14 heteroatoms. The molecule has 0 radical (unpaired) electrons. The molecule has 6 aromatic rings. The number of rotatable bonds is 6. The quantitative estimate of drug-likeness (QED) is 0.191. The van der Waals surface area contributed by atoms with Crippen molar-refractivity contribution in [3.63, 3.8) is 0 Å². The van der Waals surface area contributed by atoms with Crippen LogP contribution in [0.5, 0.6) is 11.5 Å². The fourth-order valence-corrected chi connectivity index (χ4v) is 4.45. The number of nitrogens with zero attached hydrogens (tertiary/aromatic N) is 8. The number of aromatic hydroxyl groups is 2. The van der Waals surface area contributed by atoms with Gasteiger partial charge < -0.3 is 20.4 Å². The number of aryl methyl sites for hydroxylation is 2. The smallest absolute Gasteiger partial charge is 0.339 e. The number of phenols is 2. The van der Waals surface area contributed by atoms with Crippen molar-refractivity contribution < 1.29 is 30.0 Å². The van der Waals surface area contributed by atoms with Crippen LogP contribution in [0.15, 0.2) is 73.1 Å². The minimum Gasteiger partial charge on any atom is -0.507 e. The van der Waals surface area contributed by atoms with Gasteiger partial charge in [0.2, 0.25) is 0 Å². The van der Waals surface area contributed by atoms with E-state index in [4.69, 9.17) is 23.1 Å². The van der Waals surface area contributed by atoms with Crippen LogP contribution in [0.2, 0.25) is 0 Å². The molecule has 4 N–H and O–H groups in total. The highest BCUT2D eigenvalue weighted by molar-refractivity contribution is 5.91. The van der Waals surface area contributed by atoms with E-state index in [0.29, 0.717) is 45.5 Å². The van der Waals surface area contributed by atoms with Crippen molar-refractivity contribution in [3.05, 3.63) is 107 Å². The monoisotopic (exact) mass is 640 g/mol. The van der Waals surface area contributed by atoms with Crippen molar-refractivity contribution in [1.29, 1.82) is 0 Å². The van der Waals surface area contributed by atoms with Gasteiger partial charge in [0.1, 0.15) is 45.4 Å². The first-order valence-corrected chi connectivity index (χ1v) is 13.8. The van der Waals surface area contributed by atoms with Crippen LogP contribution >= 0.6 is 0 Å². The molecule has 0 aliphatic carbocycles. The molecule has 0 unspecified atom stereocenters. The molecule has 0 saturated heterocycles. The van der Waals surface area contributed by atoms with E-state index in [2.05, 4.69) is 42.4 Å². The SMILES string of the molecule is C#Cc1cc(C)cc(C#C)n1.Cc1cc(-c2cn(-c3ccc(C(=O)O)c(O)c3)nn2)nc(-c2cn(-c3ccc(C(=O)O)c(O)c3)nn2)c1. The number of aromatic carboxylic acids is 2. The summed E-state index contributed by atoms with van der Waals surface area (Å²) in [6, 6.07) is 15.3. The van der Waals surface area contributed by atoms with E-state index in [0.717, 1.165) is 11.1 Å². The first-order chi connectivity index (χ1) is 22.9. The summed E-state index contributed by atoms with van der Waals surface area (Å²) in [4.78, 5) is 30.9. The number of carboxylic acid groups (broad SMARTS) is 2. The van der Waals surface area contributed by atoms with Crippen molar-refractivity contribution in [1.82, 2.24) is 40.0 Å². The van der Waals surface area contributed by atoms with Crippen LogP contribution in [0, 0.1) is 38.5 Å². The molecule has 236 valence electrons. The molecule has 0 atom stereocenters. The lowest BCUT2D eigenvalue weighted by atomic mass is 10.1. The number of carboxylic acids is 2. The third kappa shape index (κ3) is 6.98. The molecule has 0 aliphatic heterocycles. The Balaban J connectivity index is 0.000000349. The molecule has 0 amide bonds. The molecule has 0 saturated carbocycles. The third-order valence-corrected chi connectivity index (χ3v) is 6.70. The number of hydrogen-bond acceptors (Lipinski definition) is 10. The second-order valence-electron chi connectivity index (χ2n) is 10.2. The Morgan fingerprint density at radius 3 is 1.42 bits per heavy atom. The Kier molecular flexibility index (Phi) is 8.93. The lowest BCUT2D eigenvalue weighted by molar-refractivity contribution is 0.0682. The van der Waals surface area contributed by atoms with Gasteiger partial charge in [-0.3, -0.25) is 0 Å². The van der Waals surface area contributed by atoms with Crippen LogP contribution in [-0.4, -0.2) is 72.3 Å². The Morgan fingerprint density at radius 1 is 0.625 bits per heavy atom. The Labute approximate surface area is 272 Å². The zero-order valence-electron chi connectivity index (χ0n) is 25.3. The van der Waals surface area contributed by atoms with Crippen LogP contribution in [0.3, 0.4) is 0 Å². The Morgan fingerprint density at radius 2 is 1.04 bits per heavy atom. The van der Waals surface area contributed by atoms with Gasteiger partial charge >= 0.3 is 11.9 Å². The van der Waals surface area contributed by atoms with E-state index in [-0.39, 0.29) is 11.1 Å². The normalized spacial score (nSPS) is 10.3. The van der Waals surface area contributed by atoms with Gasteiger partial charge in [-0.2, -0.15) is 0 Å². The molecule has 4 heterocycles. The average Bonchev–Trinajstić information content (AvgIpc) is 3.75. The molecule has 0 bridgehead atoms. The first kappa shape index (κ1) is 32.1. The third-order valence-electron chi connectivity index (χ3n) is 6.70. The number of terminal acetylenes is 2. The number of carbonyl (C=O) groups is 2. The van der Waals surface area contributed by atoms with Crippen LogP contribution in [0.25, 0.3) is 34.2 Å². The minimum atomic E-state index is -1.24. The van der Waals surface area contributed by atoms with Crippen molar-refractivity contribution in [2.24, 2.45) is 0 Å². The van der Waals surface area contributed by atoms with Gasteiger partial charge in [-0.25, -0.2) is 28.9 Å². The molecule has 14 nitrogen and oxygen atoms in total. The maximum atomic E-state index is 11.1. The average molecular weight is 641 g/mol. The standard InChI is InChI=1S/C24H17N7O6.C10H7N/c1-12-6-17(19-10-30(28-26-19)13-2-4-15(23(34)35)21(32)8-13)25-18(7-12)20-11-31(29-27-20)14-3-5-16(24(36)37)22(33)9-14;1-4-9-6-8(3)7-10(5-2)11-9/h2-11,32-33H,1H3,(H,34,35)(H,36,37);1-2,6-7H,3H3. The van der Waals surface area contributed by atoms with Crippen molar-refractivity contribution in [3.8, 4) is 70.3 Å². The molecule has 6 rings (SSSR count). The van der Waals surface area contributed by atoms with Gasteiger partial charge in [0, 0.05) is 12.1 Å². The molecular weight excluding hydrogens is 616 g/mol. The summed E-state index contributed by atoms with van der Waals surface area (Å²) in [5.74, 6) is 1.59. The zero-order valence-corrected chi connectivity index (χ0v) is 25.3. The summed E-state index contributed by atoms with van der Waals surface area (Å²) in [7, 11) is 0. The van der Waals surface area contributed by atoms with Crippen LogP contribution < -0.4 is 0 Å². The summed E-state index contributed by atoms with van der Waals surface area (Å²) in [5.41, 5.74) is 5.29. The summed E-state index contributed by atoms with van der Waals surface area (Å²) >= 11 is 0. The van der Waals surface area contributed by atoms with E-state index in [1.54, 1.807) is 24.5 Å².